The summed E-state index contributed by atoms with van der Waals surface area (Å²) in [5.41, 5.74) is 1.42. The lowest BCUT2D eigenvalue weighted by Gasteiger charge is -2.04. The summed E-state index contributed by atoms with van der Waals surface area (Å²) in [5.74, 6) is 1.27. The summed E-state index contributed by atoms with van der Waals surface area (Å²) in [6.07, 6.45) is 0. The maximum Gasteiger partial charge on any atom is 0.291 e. The van der Waals surface area contributed by atoms with Crippen LogP contribution in [0.3, 0.4) is 0 Å². The normalized spacial score (nSPS) is 10.5. The molecular weight excluding hydrogens is 300 g/mol. The molecule has 3 aromatic rings. The molecule has 0 aliphatic rings. The van der Waals surface area contributed by atoms with Gasteiger partial charge in [-0.3, -0.25) is 4.79 Å². The number of nitrogens with one attached hydrogen (secondary N) is 1. The maximum absolute atomic E-state index is 12.2. The van der Waals surface area contributed by atoms with E-state index in [1.54, 1.807) is 43.5 Å². The maximum atomic E-state index is 12.2. The van der Waals surface area contributed by atoms with Crippen molar-refractivity contribution < 1.29 is 13.9 Å². The first-order chi connectivity index (χ1) is 10.7. The summed E-state index contributed by atoms with van der Waals surface area (Å²) in [5, 5.41) is 5.63. The minimum atomic E-state index is -0.302. The minimum absolute atomic E-state index is 0.247. The molecule has 6 heteroatoms. The number of anilines is 1. The molecule has 22 heavy (non-hydrogen) atoms. The molecule has 3 rings (SSSR count). The van der Waals surface area contributed by atoms with Crippen LogP contribution in [-0.2, 0) is 0 Å². The molecule has 2 aromatic heterocycles. The van der Waals surface area contributed by atoms with E-state index in [4.69, 9.17) is 9.15 Å². The fourth-order valence-corrected chi connectivity index (χ4v) is 2.54. The number of thiazole rings is 1. The van der Waals surface area contributed by atoms with Crippen LogP contribution in [0, 0.1) is 6.92 Å². The lowest BCUT2D eigenvalue weighted by molar-refractivity contribution is 0.0997. The van der Waals surface area contributed by atoms with Gasteiger partial charge in [0.25, 0.3) is 5.91 Å². The fraction of sp³-hybridized carbons (Fsp3) is 0.125. The summed E-state index contributed by atoms with van der Waals surface area (Å²) >= 11 is 1.54. The second-order valence-electron chi connectivity index (χ2n) is 4.60. The third-order valence-electron chi connectivity index (χ3n) is 3.05. The SMILES string of the molecule is COc1ccc(NC(=O)c2ccc(-c3csc(C)n3)o2)cc1. The topological polar surface area (TPSA) is 64.4 Å². The second-order valence-corrected chi connectivity index (χ2v) is 5.66. The first-order valence-corrected chi connectivity index (χ1v) is 7.51. The average Bonchev–Trinajstić information content (AvgIpc) is 3.16. The number of hydrogen-bond donors (Lipinski definition) is 1. The molecule has 1 N–H and O–H groups in total. The van der Waals surface area contributed by atoms with E-state index in [1.165, 1.54) is 11.3 Å². The van der Waals surface area contributed by atoms with Crippen molar-refractivity contribution in [2.24, 2.45) is 0 Å². The predicted molar refractivity (Wildman–Crippen MR) is 85.5 cm³/mol. The Bertz CT molecular complexity index is 790. The fourth-order valence-electron chi connectivity index (χ4n) is 1.94. The molecule has 0 fully saturated rings. The zero-order chi connectivity index (χ0) is 15.5. The lowest BCUT2D eigenvalue weighted by atomic mass is 10.3. The van der Waals surface area contributed by atoms with Crippen LogP contribution in [0.4, 0.5) is 5.69 Å². The van der Waals surface area contributed by atoms with Crippen LogP contribution < -0.4 is 10.1 Å². The smallest absolute Gasteiger partial charge is 0.291 e. The Morgan fingerprint density at radius 3 is 2.64 bits per heavy atom. The van der Waals surface area contributed by atoms with Gasteiger partial charge in [0.15, 0.2) is 11.5 Å². The number of benzene rings is 1. The van der Waals surface area contributed by atoms with E-state index in [0.29, 0.717) is 11.4 Å². The van der Waals surface area contributed by atoms with Gasteiger partial charge in [-0.25, -0.2) is 4.98 Å². The highest BCUT2D eigenvalue weighted by Gasteiger charge is 2.14. The molecule has 0 saturated heterocycles. The van der Waals surface area contributed by atoms with Crippen LogP contribution in [-0.4, -0.2) is 18.0 Å². The van der Waals surface area contributed by atoms with Gasteiger partial charge < -0.3 is 14.5 Å². The zero-order valence-electron chi connectivity index (χ0n) is 12.1. The molecule has 0 spiro atoms. The Hall–Kier alpha value is -2.60. The lowest BCUT2D eigenvalue weighted by Crippen LogP contribution is -2.10. The standard InChI is InChI=1S/C16H14N2O3S/c1-10-17-13(9-22-10)14-7-8-15(21-14)16(19)18-11-3-5-12(20-2)6-4-11/h3-9H,1-2H3,(H,18,19). The number of amides is 1. The van der Waals surface area contributed by atoms with E-state index >= 15 is 0 Å². The van der Waals surface area contributed by atoms with Gasteiger partial charge in [-0.05, 0) is 43.3 Å². The van der Waals surface area contributed by atoms with Crippen LogP contribution in [0.15, 0.2) is 46.2 Å². The summed E-state index contributed by atoms with van der Waals surface area (Å²) in [4.78, 5) is 16.5. The molecule has 0 aliphatic carbocycles. The average molecular weight is 314 g/mol. The van der Waals surface area contributed by atoms with Gasteiger partial charge in [0.05, 0.1) is 12.1 Å². The molecule has 1 amide bonds. The molecule has 2 heterocycles. The quantitative estimate of drug-likeness (QED) is 0.791. The Morgan fingerprint density at radius 2 is 2.00 bits per heavy atom. The molecule has 0 saturated carbocycles. The van der Waals surface area contributed by atoms with Crippen LogP contribution in [0.2, 0.25) is 0 Å². The van der Waals surface area contributed by atoms with E-state index in [9.17, 15) is 4.79 Å². The van der Waals surface area contributed by atoms with Crippen LogP contribution in [0.25, 0.3) is 11.5 Å². The van der Waals surface area contributed by atoms with E-state index in [1.807, 2.05) is 12.3 Å². The van der Waals surface area contributed by atoms with E-state index in [2.05, 4.69) is 10.3 Å². The van der Waals surface area contributed by atoms with Gasteiger partial charge in [-0.2, -0.15) is 0 Å². The van der Waals surface area contributed by atoms with Gasteiger partial charge in [-0.1, -0.05) is 0 Å². The van der Waals surface area contributed by atoms with Gasteiger partial charge in [0, 0.05) is 11.1 Å². The number of aryl methyl sites for hydroxylation is 1. The first kappa shape index (κ1) is 14.3. The van der Waals surface area contributed by atoms with Crippen molar-refractivity contribution in [2.75, 3.05) is 12.4 Å². The molecular formula is C16H14N2O3S. The summed E-state index contributed by atoms with van der Waals surface area (Å²) in [7, 11) is 1.60. The molecule has 0 aliphatic heterocycles. The Balaban J connectivity index is 1.73. The molecule has 0 radical (unpaired) electrons. The summed E-state index contributed by atoms with van der Waals surface area (Å²) < 4.78 is 10.6. The largest absolute Gasteiger partial charge is 0.497 e. The van der Waals surface area contributed by atoms with Crippen molar-refractivity contribution in [1.29, 1.82) is 0 Å². The molecule has 1 aromatic carbocycles. The van der Waals surface area contributed by atoms with E-state index in [0.717, 1.165) is 16.5 Å². The van der Waals surface area contributed by atoms with Gasteiger partial charge in [0.1, 0.15) is 11.4 Å². The molecule has 0 bridgehead atoms. The van der Waals surface area contributed by atoms with Gasteiger partial charge >= 0.3 is 0 Å². The Morgan fingerprint density at radius 1 is 1.23 bits per heavy atom. The number of carbonyl (C=O) groups excluding carboxylic acids is 1. The number of aromatic nitrogens is 1. The van der Waals surface area contributed by atoms with Crippen molar-refractivity contribution in [3.8, 4) is 17.2 Å². The first-order valence-electron chi connectivity index (χ1n) is 6.63. The number of nitrogens with zero attached hydrogens (tertiary/aromatic N) is 1. The van der Waals surface area contributed by atoms with E-state index < -0.39 is 0 Å². The molecule has 112 valence electrons. The van der Waals surface area contributed by atoms with Crippen LogP contribution in [0.1, 0.15) is 15.6 Å². The number of methoxy groups -OCH3 is 1. The van der Waals surface area contributed by atoms with Crippen molar-refractivity contribution in [3.63, 3.8) is 0 Å². The Kier molecular flexibility index (Phi) is 3.93. The second kappa shape index (κ2) is 6.03. The monoisotopic (exact) mass is 314 g/mol. The van der Waals surface area contributed by atoms with Gasteiger partial charge in [0.2, 0.25) is 0 Å². The summed E-state index contributed by atoms with van der Waals surface area (Å²) in [6.45, 7) is 1.93. The van der Waals surface area contributed by atoms with Crippen molar-refractivity contribution >= 4 is 22.9 Å². The Labute approximate surface area is 131 Å². The predicted octanol–water partition coefficient (Wildman–Crippen LogP) is 3.97. The third kappa shape index (κ3) is 3.01. The number of ether oxygens (including phenoxy) is 1. The van der Waals surface area contributed by atoms with Crippen LogP contribution in [0.5, 0.6) is 5.75 Å². The third-order valence-corrected chi connectivity index (χ3v) is 3.82. The molecule has 0 unspecified atom stereocenters. The van der Waals surface area contributed by atoms with Crippen molar-refractivity contribution in [1.82, 2.24) is 4.98 Å². The number of furan rings is 1. The molecule has 0 atom stereocenters. The van der Waals surface area contributed by atoms with Crippen molar-refractivity contribution in [3.05, 3.63) is 52.5 Å². The van der Waals surface area contributed by atoms with Gasteiger partial charge in [-0.15, -0.1) is 11.3 Å². The number of hydrogen-bond acceptors (Lipinski definition) is 5. The highest BCUT2D eigenvalue weighted by Crippen LogP contribution is 2.24. The van der Waals surface area contributed by atoms with Crippen LogP contribution >= 0.6 is 11.3 Å². The van der Waals surface area contributed by atoms with E-state index in [-0.39, 0.29) is 11.7 Å². The highest BCUT2D eigenvalue weighted by atomic mass is 32.1. The molecule has 5 nitrogen and oxygen atoms in total. The highest BCUT2D eigenvalue weighted by molar-refractivity contribution is 7.09. The zero-order valence-corrected chi connectivity index (χ0v) is 12.9. The van der Waals surface area contributed by atoms with Crippen molar-refractivity contribution in [2.45, 2.75) is 6.92 Å². The number of carbonyl (C=O) groups is 1. The minimum Gasteiger partial charge on any atom is -0.497 e. The summed E-state index contributed by atoms with van der Waals surface area (Å²) in [6, 6.07) is 10.5. The number of rotatable bonds is 4.